The standard InChI is InChI=1S/C20H18FNO3S/c1-12-6-7-16(13(2)10-12)17-18(26-9-8-23)20(25)22(19(17)24)15-5-3-4-14(21)11-15/h3-7,10-11,23H,8-9H2,1-2H3. The van der Waals surface area contributed by atoms with Crippen molar-refractivity contribution in [3.63, 3.8) is 0 Å². The number of aryl methyl sites for hydroxylation is 2. The minimum Gasteiger partial charge on any atom is -0.396 e. The van der Waals surface area contributed by atoms with Crippen LogP contribution < -0.4 is 4.90 Å². The fourth-order valence-electron chi connectivity index (χ4n) is 2.97. The van der Waals surface area contributed by atoms with Crippen LogP contribution in [-0.4, -0.2) is 29.3 Å². The molecule has 4 nitrogen and oxygen atoms in total. The quantitative estimate of drug-likeness (QED) is 0.818. The minimum atomic E-state index is -0.521. The van der Waals surface area contributed by atoms with Gasteiger partial charge >= 0.3 is 0 Å². The van der Waals surface area contributed by atoms with Crippen LogP contribution in [0, 0.1) is 19.7 Å². The van der Waals surface area contributed by atoms with E-state index in [1.165, 1.54) is 18.2 Å². The lowest BCUT2D eigenvalue weighted by molar-refractivity contribution is -0.119. The summed E-state index contributed by atoms with van der Waals surface area (Å²) in [7, 11) is 0. The lowest BCUT2D eigenvalue weighted by Crippen LogP contribution is -2.31. The molecule has 1 aliphatic rings. The molecule has 0 bridgehead atoms. The van der Waals surface area contributed by atoms with Gasteiger partial charge in [0, 0.05) is 5.75 Å². The van der Waals surface area contributed by atoms with Crippen molar-refractivity contribution in [2.75, 3.05) is 17.3 Å². The molecular formula is C20H18FNO3S. The smallest absolute Gasteiger partial charge is 0.272 e. The third-order valence-electron chi connectivity index (χ3n) is 4.10. The van der Waals surface area contributed by atoms with Crippen molar-refractivity contribution in [2.24, 2.45) is 0 Å². The van der Waals surface area contributed by atoms with Gasteiger partial charge in [0.1, 0.15) is 5.82 Å². The second kappa shape index (κ2) is 7.43. The molecule has 0 aliphatic carbocycles. The lowest BCUT2D eigenvalue weighted by Gasteiger charge is -2.15. The molecule has 2 amide bonds. The number of hydrogen-bond acceptors (Lipinski definition) is 4. The fourth-order valence-corrected chi connectivity index (χ4v) is 3.82. The average Bonchev–Trinajstić information content (AvgIpc) is 2.83. The van der Waals surface area contributed by atoms with Gasteiger partial charge in [0.15, 0.2) is 0 Å². The number of thioether (sulfide) groups is 1. The SMILES string of the molecule is Cc1ccc(C2=C(SCCO)C(=O)N(c3cccc(F)c3)C2=O)c(C)c1. The van der Waals surface area contributed by atoms with E-state index in [1.54, 1.807) is 0 Å². The largest absolute Gasteiger partial charge is 0.396 e. The first-order valence-corrected chi connectivity index (χ1v) is 9.12. The molecule has 0 unspecified atom stereocenters. The molecule has 2 aromatic carbocycles. The van der Waals surface area contributed by atoms with Gasteiger partial charge in [-0.25, -0.2) is 9.29 Å². The van der Waals surface area contributed by atoms with E-state index < -0.39 is 17.6 Å². The highest BCUT2D eigenvalue weighted by Gasteiger charge is 2.40. The van der Waals surface area contributed by atoms with E-state index in [-0.39, 0.29) is 17.2 Å². The number of aliphatic hydroxyl groups excluding tert-OH is 1. The van der Waals surface area contributed by atoms with Crippen molar-refractivity contribution < 1.29 is 19.1 Å². The maximum atomic E-state index is 13.6. The van der Waals surface area contributed by atoms with Crippen molar-refractivity contribution >= 4 is 34.8 Å². The predicted molar refractivity (Wildman–Crippen MR) is 101 cm³/mol. The zero-order chi connectivity index (χ0) is 18.8. The minimum absolute atomic E-state index is 0.115. The van der Waals surface area contributed by atoms with Crippen molar-refractivity contribution in [3.05, 3.63) is 69.9 Å². The number of hydrogen-bond donors (Lipinski definition) is 1. The van der Waals surface area contributed by atoms with Crippen LogP contribution in [-0.2, 0) is 9.59 Å². The highest BCUT2D eigenvalue weighted by molar-refractivity contribution is 8.04. The second-order valence-corrected chi connectivity index (χ2v) is 7.13. The zero-order valence-corrected chi connectivity index (χ0v) is 15.3. The van der Waals surface area contributed by atoms with E-state index in [9.17, 15) is 14.0 Å². The van der Waals surface area contributed by atoms with Gasteiger partial charge in [0.2, 0.25) is 0 Å². The van der Waals surface area contributed by atoms with Gasteiger partial charge in [0.05, 0.1) is 22.8 Å². The third kappa shape index (κ3) is 3.30. The molecule has 1 N–H and O–H groups in total. The third-order valence-corrected chi connectivity index (χ3v) is 5.15. The van der Waals surface area contributed by atoms with Gasteiger partial charge in [0.25, 0.3) is 11.8 Å². The highest BCUT2D eigenvalue weighted by atomic mass is 32.2. The zero-order valence-electron chi connectivity index (χ0n) is 14.5. The van der Waals surface area contributed by atoms with E-state index in [1.807, 2.05) is 32.0 Å². The Hall–Kier alpha value is -2.44. The molecule has 134 valence electrons. The summed E-state index contributed by atoms with van der Waals surface area (Å²) >= 11 is 1.14. The number of rotatable bonds is 5. The molecule has 0 saturated heterocycles. The molecule has 3 rings (SSSR count). The molecule has 0 spiro atoms. The normalized spacial score (nSPS) is 14.5. The second-order valence-electron chi connectivity index (χ2n) is 6.02. The molecule has 0 radical (unpaired) electrons. The van der Waals surface area contributed by atoms with Gasteiger partial charge in [-0.2, -0.15) is 0 Å². The van der Waals surface area contributed by atoms with Crippen LogP contribution in [0.1, 0.15) is 16.7 Å². The summed E-state index contributed by atoms with van der Waals surface area (Å²) in [5.74, 6) is -1.20. The summed E-state index contributed by atoms with van der Waals surface area (Å²) in [4.78, 5) is 27.3. The van der Waals surface area contributed by atoms with Gasteiger partial charge in [-0.15, -0.1) is 11.8 Å². The number of carbonyl (C=O) groups is 2. The molecule has 1 aliphatic heterocycles. The van der Waals surface area contributed by atoms with Crippen LogP contribution in [0.2, 0.25) is 0 Å². The average molecular weight is 371 g/mol. The Bertz CT molecular complexity index is 923. The Morgan fingerprint density at radius 3 is 2.50 bits per heavy atom. The lowest BCUT2D eigenvalue weighted by atomic mass is 9.99. The summed E-state index contributed by atoms with van der Waals surface area (Å²) in [5.41, 5.74) is 3.10. The van der Waals surface area contributed by atoms with Crippen molar-refractivity contribution in [3.8, 4) is 0 Å². The van der Waals surface area contributed by atoms with Crippen molar-refractivity contribution in [1.82, 2.24) is 0 Å². The number of halogens is 1. The van der Waals surface area contributed by atoms with Crippen LogP contribution in [0.5, 0.6) is 0 Å². The molecule has 1 heterocycles. The Kier molecular flexibility index (Phi) is 5.25. The number of anilines is 1. The van der Waals surface area contributed by atoms with E-state index >= 15 is 0 Å². The Morgan fingerprint density at radius 2 is 1.85 bits per heavy atom. The van der Waals surface area contributed by atoms with Crippen LogP contribution in [0.4, 0.5) is 10.1 Å². The number of imide groups is 1. The Morgan fingerprint density at radius 1 is 1.08 bits per heavy atom. The summed E-state index contributed by atoms with van der Waals surface area (Å²) in [6.07, 6.45) is 0. The van der Waals surface area contributed by atoms with Gasteiger partial charge in [-0.3, -0.25) is 9.59 Å². The summed E-state index contributed by atoms with van der Waals surface area (Å²) in [6.45, 7) is 3.72. The number of aliphatic hydroxyl groups is 1. The first-order valence-electron chi connectivity index (χ1n) is 8.14. The topological polar surface area (TPSA) is 57.6 Å². The van der Waals surface area contributed by atoms with Crippen LogP contribution in [0.3, 0.4) is 0 Å². The molecular weight excluding hydrogens is 353 g/mol. The first kappa shape index (κ1) is 18.4. The maximum absolute atomic E-state index is 13.6. The van der Waals surface area contributed by atoms with E-state index in [0.717, 1.165) is 33.9 Å². The monoisotopic (exact) mass is 371 g/mol. The predicted octanol–water partition coefficient (Wildman–Crippen LogP) is 3.45. The highest BCUT2D eigenvalue weighted by Crippen LogP contribution is 2.39. The molecule has 0 fully saturated rings. The van der Waals surface area contributed by atoms with Crippen LogP contribution in [0.25, 0.3) is 5.57 Å². The number of nitrogens with zero attached hydrogens (tertiary/aromatic N) is 1. The van der Waals surface area contributed by atoms with Crippen molar-refractivity contribution in [2.45, 2.75) is 13.8 Å². The molecule has 0 atom stereocenters. The molecule has 0 aromatic heterocycles. The number of carbonyl (C=O) groups excluding carboxylic acids is 2. The van der Waals surface area contributed by atoms with E-state index in [2.05, 4.69) is 0 Å². The number of benzene rings is 2. The van der Waals surface area contributed by atoms with Gasteiger partial charge < -0.3 is 5.11 Å². The summed E-state index contributed by atoms with van der Waals surface area (Å²) < 4.78 is 13.6. The van der Waals surface area contributed by atoms with Gasteiger partial charge in [-0.05, 0) is 43.2 Å². The first-order chi connectivity index (χ1) is 12.4. The molecule has 2 aromatic rings. The van der Waals surface area contributed by atoms with Crippen molar-refractivity contribution in [1.29, 1.82) is 0 Å². The molecule has 0 saturated carbocycles. The van der Waals surface area contributed by atoms with E-state index in [0.29, 0.717) is 16.9 Å². The van der Waals surface area contributed by atoms with E-state index in [4.69, 9.17) is 5.11 Å². The Labute approximate surface area is 155 Å². The van der Waals surface area contributed by atoms with Crippen LogP contribution >= 0.6 is 11.8 Å². The molecule has 26 heavy (non-hydrogen) atoms. The Balaban J connectivity index is 2.12. The van der Waals surface area contributed by atoms with Gasteiger partial charge in [-0.1, -0.05) is 29.8 Å². The molecule has 6 heteroatoms. The van der Waals surface area contributed by atoms with Crippen LogP contribution in [0.15, 0.2) is 47.4 Å². The summed E-state index contributed by atoms with van der Waals surface area (Å²) in [6, 6.07) is 11.0. The summed E-state index contributed by atoms with van der Waals surface area (Å²) in [5, 5.41) is 9.14. The maximum Gasteiger partial charge on any atom is 0.272 e. The number of amides is 2. The fraction of sp³-hybridized carbons (Fsp3) is 0.200.